The number of hydrogen-bond acceptors (Lipinski definition) is 5. The van der Waals surface area contributed by atoms with Crippen molar-refractivity contribution < 1.29 is 5.65 Å². The number of rotatable bonds is 0. The summed E-state index contributed by atoms with van der Waals surface area (Å²) in [4.78, 5) is 0. The molecule has 0 radical (unpaired) electrons. The molecule has 0 aromatic heterocycles. The van der Waals surface area contributed by atoms with Crippen LogP contribution >= 0.6 is 26.2 Å². The average Bonchev–Trinajstić information content (AvgIpc) is 1.92. The minimum atomic E-state index is 0. The Bertz CT molecular complexity index is 129. The molecule has 0 aliphatic rings. The maximum atomic E-state index is 6.00. The molecule has 5 nitrogen and oxygen atoms in total. The van der Waals surface area contributed by atoms with E-state index in [2.05, 4.69) is 38.7 Å². The third kappa shape index (κ3) is 18900. The molecule has 0 aromatic carbocycles. The van der Waals surface area contributed by atoms with Crippen LogP contribution in [0.2, 0.25) is 5.65 Å². The minimum absolute atomic E-state index is 0. The van der Waals surface area contributed by atoms with Gasteiger partial charge in [0.25, 0.3) is 0 Å². The molecule has 8 heteroatoms. The summed E-state index contributed by atoms with van der Waals surface area (Å²) >= 11 is 0. The van der Waals surface area contributed by atoms with Gasteiger partial charge >= 0.3 is 21.3 Å². The quantitative estimate of drug-likeness (QED) is 0.353. The van der Waals surface area contributed by atoms with Crippen LogP contribution in [0, 0.1) is 20.6 Å². The topological polar surface area (TPSA) is 130 Å². The van der Waals surface area contributed by atoms with Crippen LogP contribution in [0.4, 0.5) is 0 Å². The predicted molar refractivity (Wildman–Crippen MR) is 59.6 cm³/mol. The summed E-state index contributed by atoms with van der Waals surface area (Å²) in [5.41, 5.74) is 0. The Morgan fingerprint density at radius 2 is 1.18 bits per heavy atom. The molecule has 0 bridgehead atoms. The van der Waals surface area contributed by atoms with Crippen molar-refractivity contribution in [3.63, 3.8) is 0 Å². The Morgan fingerprint density at radius 3 is 1.18 bits per heavy atom. The molecule has 7 N–H and O–H groups in total. The van der Waals surface area contributed by atoms with E-state index < -0.39 is 0 Å². The zero-order chi connectivity index (χ0) is 9.54. The van der Waals surface area contributed by atoms with Crippen LogP contribution < -0.4 is 6.15 Å². The van der Waals surface area contributed by atoms with Crippen molar-refractivity contribution in [2.45, 2.75) is 22.3 Å². The summed E-state index contributed by atoms with van der Waals surface area (Å²) in [5, 5.41) is 10.6. The summed E-state index contributed by atoms with van der Waals surface area (Å²) in [5.74, 6) is 0. The van der Waals surface area contributed by atoms with Crippen molar-refractivity contribution in [3.8, 4) is 0 Å². The molecule has 0 amide bonds. The van der Waals surface area contributed by atoms with Crippen molar-refractivity contribution >= 4 is 26.2 Å². The van der Waals surface area contributed by atoms with Crippen LogP contribution in [0.3, 0.4) is 0 Å². The molecule has 0 spiro atoms. The van der Waals surface area contributed by atoms with Gasteiger partial charge in [0.1, 0.15) is 0 Å². The second-order valence-corrected chi connectivity index (χ2v) is 0.268. The zero-order valence-corrected chi connectivity index (χ0v) is 6.84. The molecule has 0 heterocycles. The Balaban J connectivity index is -0.0000000117. The van der Waals surface area contributed by atoms with Crippen LogP contribution in [-0.2, 0) is 0 Å². The summed E-state index contributed by atoms with van der Waals surface area (Å²) in [6, 6.07) is 0. The van der Waals surface area contributed by atoms with Crippen molar-refractivity contribution in [2.24, 2.45) is 0 Å². The van der Waals surface area contributed by atoms with Crippen molar-refractivity contribution in [1.29, 1.82) is 20.6 Å². The van der Waals surface area contributed by atoms with Gasteiger partial charge in [-0.05, 0) is 18.1 Å². The van der Waals surface area contributed by atoms with Crippen molar-refractivity contribution in [1.82, 2.24) is 6.15 Å². The summed E-state index contributed by atoms with van der Waals surface area (Å²) in [7, 11) is 5.11. The molecule has 0 aliphatic heterocycles. The monoisotopic (exact) mass is 228 g/mol. The van der Waals surface area contributed by atoms with Gasteiger partial charge in [-0.3, -0.25) is 10.3 Å². The van der Waals surface area contributed by atoms with E-state index in [0.29, 0.717) is 0 Å². The molecule has 0 atom stereocenters. The van der Waals surface area contributed by atoms with E-state index >= 15 is 0 Å². The average molecular weight is 228 g/mol. The van der Waals surface area contributed by atoms with Gasteiger partial charge < -0.3 is 6.15 Å². The Kier molecular flexibility index (Phi) is 957. The summed E-state index contributed by atoms with van der Waals surface area (Å²) < 4.78 is 23.5. The van der Waals surface area contributed by atoms with Gasteiger partial charge in [0.15, 0.2) is 2.82 Å². The first kappa shape index (κ1) is 17.3. The standard InChI is InChI=1S/3CH4.H2N2P.2H2NP.H3N/c;;;1-3-2;2*1-2;/h3*1H4;1-2H;2*1-2H;1H3/q;;;+1;;;/i/hT4. The van der Waals surface area contributed by atoms with Crippen molar-refractivity contribution in [3.05, 3.63) is 0 Å². The SMILES string of the molecule is C.C.C.N.[3H]N=P.[3H]N=P.[3H]N=[P+]=N[3H]. The summed E-state index contributed by atoms with van der Waals surface area (Å²) in [6.07, 6.45) is 0. The molecule has 0 saturated heterocycles. The molecular weight excluding hydrogens is 199 g/mol. The Labute approximate surface area is 81.8 Å². The fraction of sp³-hybridized carbons (Fsp3) is 1.00. The molecule has 0 fully saturated rings. The van der Waals surface area contributed by atoms with Crippen LogP contribution in [0.5, 0.6) is 0 Å². The van der Waals surface area contributed by atoms with E-state index in [-0.39, 0.29) is 36.6 Å². The first-order chi connectivity index (χ1) is 5.24. The molecule has 11 heavy (non-hydrogen) atoms. The van der Waals surface area contributed by atoms with Gasteiger partial charge in [-0.2, -0.15) is 0 Å². The second kappa shape index (κ2) is 608. The molecule has 0 unspecified atom stereocenters. The first-order valence-corrected chi connectivity index (χ1v) is 2.54. The van der Waals surface area contributed by atoms with Gasteiger partial charge in [0.05, 0.1) is 0 Å². The van der Waals surface area contributed by atoms with E-state index in [1.165, 1.54) is 0 Å². The third-order valence-electron chi connectivity index (χ3n) is 0. The van der Waals surface area contributed by atoms with Crippen LogP contribution in [0.25, 0.3) is 0 Å². The zero-order valence-electron chi connectivity index (χ0n) is 7.94. The van der Waals surface area contributed by atoms with Gasteiger partial charge in [-0.25, -0.2) is 0 Å². The van der Waals surface area contributed by atoms with Gasteiger partial charge in [-0.15, -0.1) is 0 Å². The van der Waals surface area contributed by atoms with Gasteiger partial charge in [-0.1, -0.05) is 22.3 Å². The van der Waals surface area contributed by atoms with Crippen LogP contribution in [-0.4, -0.2) is 0 Å². The number of hydrogen-bond donors (Lipinski definition) is 5. The molecule has 0 rings (SSSR count). The first-order valence-electron chi connectivity index (χ1n) is 2.64. The predicted octanol–water partition coefficient (Wildman–Crippen LogP) is 5.31. The molecule has 0 saturated carbocycles. The Hall–Kier alpha value is 0.190. The van der Waals surface area contributed by atoms with E-state index in [0.717, 1.165) is 0 Å². The fourth-order valence-electron chi connectivity index (χ4n) is 0. The van der Waals surface area contributed by atoms with Gasteiger partial charge in [0, 0.05) is 0 Å². The van der Waals surface area contributed by atoms with Crippen molar-refractivity contribution in [2.75, 3.05) is 0 Å². The number of nitrogens with one attached hydrogen (secondary N) is 4. The molecule has 0 aliphatic carbocycles. The normalized spacial score (nSPS) is 5.45. The van der Waals surface area contributed by atoms with E-state index in [9.17, 15) is 0 Å². The van der Waals surface area contributed by atoms with E-state index in [1.54, 1.807) is 0 Å². The third-order valence-corrected chi connectivity index (χ3v) is 0. The maximum absolute atomic E-state index is 6.00. The molecule has 0 aromatic rings. The Morgan fingerprint density at radius 1 is 1.00 bits per heavy atom. The van der Waals surface area contributed by atoms with Crippen LogP contribution in [0.15, 0.2) is 0 Å². The summed E-state index contributed by atoms with van der Waals surface area (Å²) in [6.45, 7) is 0. The molecule has 72 valence electrons. The molecular formula is C3H21N5P3+. The fourth-order valence-corrected chi connectivity index (χ4v) is 0. The van der Waals surface area contributed by atoms with Gasteiger partial charge in [0.2, 0.25) is 0 Å². The van der Waals surface area contributed by atoms with E-state index in [1.807, 2.05) is 0 Å². The van der Waals surface area contributed by atoms with E-state index in [4.69, 9.17) is 5.65 Å². The second-order valence-electron chi connectivity index (χ2n) is 0.0894. The van der Waals surface area contributed by atoms with Crippen LogP contribution in [0.1, 0.15) is 22.3 Å².